The van der Waals surface area contributed by atoms with Gasteiger partial charge in [-0.2, -0.15) is 0 Å². The lowest BCUT2D eigenvalue weighted by Crippen LogP contribution is -2.12. The Morgan fingerprint density at radius 1 is 1.77 bits per heavy atom. The molecule has 0 bridgehead atoms. The Bertz CT molecular complexity index is 341. The van der Waals surface area contributed by atoms with Gasteiger partial charge in [0.2, 0.25) is 0 Å². The average molecular weight is 197 g/mol. The van der Waals surface area contributed by atoms with Crippen molar-refractivity contribution in [2.24, 2.45) is 0 Å². The first kappa shape index (κ1) is 8.69. The average Bonchev–Trinajstić information content (AvgIpc) is 2.65. The summed E-state index contributed by atoms with van der Waals surface area (Å²) in [5, 5.41) is 9.74. The maximum atomic E-state index is 10.6. The minimum absolute atomic E-state index is 0.106. The Hall–Kier alpha value is -0.900. The number of carbonyl (C=O) groups is 1. The molecule has 0 aromatic carbocycles. The quantitative estimate of drug-likeness (QED) is 0.805. The molecule has 1 aliphatic carbocycles. The molecule has 1 aliphatic rings. The van der Waals surface area contributed by atoms with E-state index in [1.54, 1.807) is 11.3 Å². The van der Waals surface area contributed by atoms with Crippen LogP contribution in [0.25, 0.3) is 0 Å². The van der Waals surface area contributed by atoms with Crippen molar-refractivity contribution in [3.05, 3.63) is 16.1 Å². The fraction of sp³-hybridized carbons (Fsp3) is 0.556. The van der Waals surface area contributed by atoms with Gasteiger partial charge in [0.1, 0.15) is 0 Å². The van der Waals surface area contributed by atoms with Crippen LogP contribution in [0.1, 0.15) is 29.1 Å². The molecule has 2 rings (SSSR count). The van der Waals surface area contributed by atoms with Gasteiger partial charge in [0.25, 0.3) is 0 Å². The van der Waals surface area contributed by atoms with Gasteiger partial charge in [-0.25, -0.2) is 4.98 Å². The maximum Gasteiger partial charge on any atom is 0.304 e. The van der Waals surface area contributed by atoms with Crippen molar-refractivity contribution < 1.29 is 9.90 Å². The number of aromatic nitrogens is 1. The molecule has 1 fully saturated rings. The van der Waals surface area contributed by atoms with Crippen LogP contribution in [0.15, 0.2) is 6.20 Å². The third kappa shape index (κ3) is 1.58. The number of aliphatic carboxylic acids is 1. The van der Waals surface area contributed by atoms with Gasteiger partial charge in [-0.15, -0.1) is 11.3 Å². The minimum Gasteiger partial charge on any atom is -0.481 e. The van der Waals surface area contributed by atoms with Crippen molar-refractivity contribution in [2.45, 2.75) is 31.6 Å². The van der Waals surface area contributed by atoms with Gasteiger partial charge < -0.3 is 5.11 Å². The highest BCUT2D eigenvalue weighted by atomic mass is 32.1. The second-order valence-corrected chi connectivity index (χ2v) is 4.86. The number of carboxylic acids is 1. The highest BCUT2D eigenvalue weighted by Gasteiger charge is 2.48. The predicted octanol–water partition coefficient (Wildman–Crippen LogP) is 1.96. The van der Waals surface area contributed by atoms with Gasteiger partial charge in [-0.3, -0.25) is 4.79 Å². The van der Waals surface area contributed by atoms with Crippen LogP contribution in [0, 0.1) is 6.92 Å². The number of thiazole rings is 1. The van der Waals surface area contributed by atoms with Crippen LogP contribution in [0.4, 0.5) is 0 Å². The first-order valence-corrected chi connectivity index (χ1v) is 5.09. The van der Waals surface area contributed by atoms with Gasteiger partial charge in [0, 0.05) is 16.5 Å². The number of hydrogen-bond donors (Lipinski definition) is 1. The molecule has 0 radical (unpaired) electrons. The monoisotopic (exact) mass is 197 g/mol. The number of rotatable bonds is 3. The predicted molar refractivity (Wildman–Crippen MR) is 50.0 cm³/mol. The van der Waals surface area contributed by atoms with Gasteiger partial charge in [-0.1, -0.05) is 0 Å². The van der Waals surface area contributed by atoms with E-state index in [0.717, 1.165) is 22.7 Å². The van der Waals surface area contributed by atoms with E-state index in [-0.39, 0.29) is 11.8 Å². The molecule has 4 heteroatoms. The third-order valence-electron chi connectivity index (χ3n) is 2.42. The third-order valence-corrected chi connectivity index (χ3v) is 3.58. The molecule has 1 saturated carbocycles. The highest BCUT2D eigenvalue weighted by molar-refractivity contribution is 7.11. The molecule has 1 N–H and O–H groups in total. The summed E-state index contributed by atoms with van der Waals surface area (Å²) in [5.74, 6) is -0.717. The minimum atomic E-state index is -0.717. The zero-order valence-electron chi connectivity index (χ0n) is 7.41. The fourth-order valence-electron chi connectivity index (χ4n) is 1.51. The van der Waals surface area contributed by atoms with Gasteiger partial charge >= 0.3 is 5.97 Å². The summed E-state index contributed by atoms with van der Waals surface area (Å²) < 4.78 is 0. The molecule has 1 heterocycles. The molecule has 0 saturated heterocycles. The van der Waals surface area contributed by atoms with Crippen LogP contribution in [-0.4, -0.2) is 16.1 Å². The van der Waals surface area contributed by atoms with E-state index in [4.69, 9.17) is 5.11 Å². The summed E-state index contributed by atoms with van der Waals surface area (Å²) >= 11 is 1.62. The lowest BCUT2D eigenvalue weighted by molar-refractivity contribution is -0.137. The molecule has 0 atom stereocenters. The molecule has 0 aliphatic heterocycles. The zero-order chi connectivity index (χ0) is 9.47. The van der Waals surface area contributed by atoms with Crippen molar-refractivity contribution in [3.8, 4) is 0 Å². The van der Waals surface area contributed by atoms with Crippen LogP contribution in [0.5, 0.6) is 0 Å². The second-order valence-electron chi connectivity index (χ2n) is 3.63. The summed E-state index contributed by atoms with van der Waals surface area (Å²) in [7, 11) is 0. The van der Waals surface area contributed by atoms with Crippen molar-refractivity contribution in [3.63, 3.8) is 0 Å². The SMILES string of the molecule is Cc1cnc(C2(CC(=O)O)CC2)s1. The van der Waals surface area contributed by atoms with Crippen molar-refractivity contribution in [2.75, 3.05) is 0 Å². The summed E-state index contributed by atoms with van der Waals surface area (Å²) in [6.07, 6.45) is 4.01. The largest absolute Gasteiger partial charge is 0.481 e. The summed E-state index contributed by atoms with van der Waals surface area (Å²) in [4.78, 5) is 16.0. The maximum absolute atomic E-state index is 10.6. The first-order chi connectivity index (χ1) is 6.12. The summed E-state index contributed by atoms with van der Waals surface area (Å²) in [5.41, 5.74) is -0.106. The molecular weight excluding hydrogens is 186 g/mol. The molecule has 1 aromatic rings. The van der Waals surface area contributed by atoms with Gasteiger partial charge in [0.15, 0.2) is 0 Å². The van der Waals surface area contributed by atoms with E-state index in [9.17, 15) is 4.79 Å². The van der Waals surface area contributed by atoms with Crippen LogP contribution >= 0.6 is 11.3 Å². The Morgan fingerprint density at radius 3 is 2.85 bits per heavy atom. The van der Waals surface area contributed by atoms with E-state index in [0.29, 0.717) is 0 Å². The Balaban J connectivity index is 2.20. The molecule has 70 valence electrons. The number of aryl methyl sites for hydroxylation is 1. The molecule has 0 unspecified atom stereocenters. The van der Waals surface area contributed by atoms with Crippen molar-refractivity contribution in [1.82, 2.24) is 4.98 Å². The van der Waals surface area contributed by atoms with E-state index in [1.807, 2.05) is 13.1 Å². The van der Waals surface area contributed by atoms with E-state index < -0.39 is 5.97 Å². The molecule has 0 spiro atoms. The normalized spacial score (nSPS) is 18.5. The number of hydrogen-bond acceptors (Lipinski definition) is 3. The fourth-order valence-corrected chi connectivity index (χ4v) is 2.52. The topological polar surface area (TPSA) is 50.2 Å². The molecular formula is C9H11NO2S. The van der Waals surface area contributed by atoms with Crippen molar-refractivity contribution in [1.29, 1.82) is 0 Å². The standard InChI is InChI=1S/C9H11NO2S/c1-6-5-10-8(13-6)9(2-3-9)4-7(11)12/h5H,2-4H2,1H3,(H,11,12). The lowest BCUT2D eigenvalue weighted by atomic mass is 10.0. The van der Waals surface area contributed by atoms with Gasteiger partial charge in [-0.05, 0) is 19.8 Å². The van der Waals surface area contributed by atoms with E-state index in [2.05, 4.69) is 4.98 Å². The van der Waals surface area contributed by atoms with Crippen LogP contribution < -0.4 is 0 Å². The van der Waals surface area contributed by atoms with E-state index >= 15 is 0 Å². The first-order valence-electron chi connectivity index (χ1n) is 4.27. The zero-order valence-corrected chi connectivity index (χ0v) is 8.23. The summed E-state index contributed by atoms with van der Waals surface area (Å²) in [6.45, 7) is 2.00. The molecule has 1 aromatic heterocycles. The Morgan fingerprint density at radius 2 is 2.46 bits per heavy atom. The molecule has 0 amide bonds. The van der Waals surface area contributed by atoms with Crippen molar-refractivity contribution >= 4 is 17.3 Å². The van der Waals surface area contributed by atoms with E-state index in [1.165, 1.54) is 0 Å². The number of carboxylic acid groups (broad SMARTS) is 1. The smallest absolute Gasteiger partial charge is 0.304 e. The Kier molecular flexibility index (Phi) is 1.87. The summed E-state index contributed by atoms with van der Waals surface area (Å²) in [6, 6.07) is 0. The molecule has 13 heavy (non-hydrogen) atoms. The number of nitrogens with zero attached hydrogens (tertiary/aromatic N) is 1. The van der Waals surface area contributed by atoms with Gasteiger partial charge in [0.05, 0.1) is 11.4 Å². The van der Waals surface area contributed by atoms with Crippen LogP contribution in [0.2, 0.25) is 0 Å². The van der Waals surface area contributed by atoms with Crippen LogP contribution in [-0.2, 0) is 10.2 Å². The van der Waals surface area contributed by atoms with Crippen LogP contribution in [0.3, 0.4) is 0 Å². The highest BCUT2D eigenvalue weighted by Crippen LogP contribution is 2.52. The molecule has 3 nitrogen and oxygen atoms in total. The Labute approximate surface area is 80.4 Å². The second kappa shape index (κ2) is 2.80. The lowest BCUT2D eigenvalue weighted by Gasteiger charge is -2.06.